The zero-order valence-electron chi connectivity index (χ0n) is 9.75. The van der Waals surface area contributed by atoms with Gasteiger partial charge in [0.05, 0.1) is 14.2 Å². The van der Waals surface area contributed by atoms with Gasteiger partial charge in [-0.15, -0.1) is 0 Å². The first-order valence-electron chi connectivity index (χ1n) is 5.48. The van der Waals surface area contributed by atoms with E-state index in [0.717, 1.165) is 31.3 Å². The van der Waals surface area contributed by atoms with Crippen molar-refractivity contribution in [2.75, 3.05) is 34.0 Å². The third kappa shape index (κ3) is 2.28. The summed E-state index contributed by atoms with van der Waals surface area (Å²) < 4.78 is 10.5. The molecule has 2 N–H and O–H groups in total. The van der Waals surface area contributed by atoms with E-state index < -0.39 is 0 Å². The Morgan fingerprint density at radius 2 is 1.75 bits per heavy atom. The predicted octanol–water partition coefficient (Wildman–Crippen LogP) is 0.938. The molecule has 1 heterocycles. The summed E-state index contributed by atoms with van der Waals surface area (Å²) in [6, 6.07) is 6.11. The molecule has 16 heavy (non-hydrogen) atoms. The molecule has 0 radical (unpaired) electrons. The summed E-state index contributed by atoms with van der Waals surface area (Å²) in [7, 11) is 3.32. The minimum atomic E-state index is 0.494. The standard InChI is InChI=1S/C12H18N2O2/c1-15-11-4-3-9(5-12(11)16-2)10-6-13-8-14-7-10/h3-5,10,13-14H,6-8H2,1-2H3. The van der Waals surface area contributed by atoms with Gasteiger partial charge >= 0.3 is 0 Å². The van der Waals surface area contributed by atoms with Gasteiger partial charge in [-0.3, -0.25) is 0 Å². The van der Waals surface area contributed by atoms with Gasteiger partial charge in [0.25, 0.3) is 0 Å². The molecule has 4 heteroatoms. The topological polar surface area (TPSA) is 42.5 Å². The molecule has 0 saturated carbocycles. The third-order valence-electron chi connectivity index (χ3n) is 2.91. The van der Waals surface area contributed by atoms with Crippen LogP contribution in [0.4, 0.5) is 0 Å². The highest BCUT2D eigenvalue weighted by molar-refractivity contribution is 5.44. The quantitative estimate of drug-likeness (QED) is 0.798. The normalized spacial score (nSPS) is 17.1. The lowest BCUT2D eigenvalue weighted by atomic mass is 9.97. The van der Waals surface area contributed by atoms with Crippen LogP contribution in [0.2, 0.25) is 0 Å². The molecule has 4 nitrogen and oxygen atoms in total. The summed E-state index contributed by atoms with van der Waals surface area (Å²) in [6.07, 6.45) is 0. The van der Waals surface area contributed by atoms with Crippen molar-refractivity contribution in [3.8, 4) is 11.5 Å². The van der Waals surface area contributed by atoms with Crippen LogP contribution in [0.1, 0.15) is 11.5 Å². The zero-order valence-corrected chi connectivity index (χ0v) is 9.75. The summed E-state index contributed by atoms with van der Waals surface area (Å²) in [5, 5.41) is 6.63. The molecule has 0 spiro atoms. The molecule has 1 fully saturated rings. The summed E-state index contributed by atoms with van der Waals surface area (Å²) in [6.45, 7) is 2.90. The fraction of sp³-hybridized carbons (Fsp3) is 0.500. The lowest BCUT2D eigenvalue weighted by molar-refractivity contribution is 0.353. The van der Waals surface area contributed by atoms with E-state index in [0.29, 0.717) is 5.92 Å². The van der Waals surface area contributed by atoms with E-state index in [1.807, 2.05) is 6.07 Å². The average molecular weight is 222 g/mol. The van der Waals surface area contributed by atoms with E-state index in [4.69, 9.17) is 9.47 Å². The maximum absolute atomic E-state index is 5.30. The summed E-state index contributed by atoms with van der Waals surface area (Å²) >= 11 is 0. The Hall–Kier alpha value is -1.26. The van der Waals surface area contributed by atoms with Gasteiger partial charge in [-0.1, -0.05) is 6.07 Å². The Labute approximate surface area is 95.9 Å². The molecule has 88 valence electrons. The van der Waals surface area contributed by atoms with Crippen molar-refractivity contribution in [1.82, 2.24) is 10.6 Å². The van der Waals surface area contributed by atoms with Crippen LogP contribution in [-0.2, 0) is 0 Å². The molecule has 0 amide bonds. The smallest absolute Gasteiger partial charge is 0.160 e. The third-order valence-corrected chi connectivity index (χ3v) is 2.91. The number of ether oxygens (including phenoxy) is 2. The first kappa shape index (κ1) is 11.2. The summed E-state index contributed by atoms with van der Waals surface area (Å²) in [5.41, 5.74) is 1.28. The van der Waals surface area contributed by atoms with Crippen molar-refractivity contribution < 1.29 is 9.47 Å². The van der Waals surface area contributed by atoms with E-state index in [1.165, 1.54) is 5.56 Å². The van der Waals surface area contributed by atoms with Gasteiger partial charge in [0.1, 0.15) is 0 Å². The number of methoxy groups -OCH3 is 2. The van der Waals surface area contributed by atoms with E-state index >= 15 is 0 Å². The highest BCUT2D eigenvalue weighted by Crippen LogP contribution is 2.30. The first-order valence-corrected chi connectivity index (χ1v) is 5.48. The highest BCUT2D eigenvalue weighted by atomic mass is 16.5. The van der Waals surface area contributed by atoms with Crippen LogP contribution >= 0.6 is 0 Å². The van der Waals surface area contributed by atoms with Crippen molar-refractivity contribution in [3.63, 3.8) is 0 Å². The lowest BCUT2D eigenvalue weighted by Crippen LogP contribution is -2.42. The van der Waals surface area contributed by atoms with Crippen molar-refractivity contribution >= 4 is 0 Å². The molecule has 0 aromatic heterocycles. The number of benzene rings is 1. The van der Waals surface area contributed by atoms with E-state index in [9.17, 15) is 0 Å². The number of nitrogens with one attached hydrogen (secondary N) is 2. The van der Waals surface area contributed by atoms with Crippen LogP contribution in [-0.4, -0.2) is 34.0 Å². The van der Waals surface area contributed by atoms with Gasteiger partial charge in [0.15, 0.2) is 11.5 Å². The molecule has 0 aliphatic carbocycles. The molecule has 1 aromatic rings. The van der Waals surface area contributed by atoms with Gasteiger partial charge in [0.2, 0.25) is 0 Å². The van der Waals surface area contributed by atoms with Gasteiger partial charge in [-0.2, -0.15) is 0 Å². The van der Waals surface area contributed by atoms with Crippen molar-refractivity contribution in [2.45, 2.75) is 5.92 Å². The van der Waals surface area contributed by atoms with Crippen LogP contribution in [0.25, 0.3) is 0 Å². The van der Waals surface area contributed by atoms with Gasteiger partial charge in [-0.05, 0) is 17.7 Å². The van der Waals surface area contributed by atoms with Crippen LogP contribution in [0, 0.1) is 0 Å². The number of hydrogen-bond acceptors (Lipinski definition) is 4. The maximum atomic E-state index is 5.30. The van der Waals surface area contributed by atoms with Crippen molar-refractivity contribution in [2.24, 2.45) is 0 Å². The number of hydrogen-bond donors (Lipinski definition) is 2. The monoisotopic (exact) mass is 222 g/mol. The minimum Gasteiger partial charge on any atom is -0.493 e. The Balaban J connectivity index is 2.20. The van der Waals surface area contributed by atoms with E-state index in [1.54, 1.807) is 14.2 Å². The van der Waals surface area contributed by atoms with E-state index in [-0.39, 0.29) is 0 Å². The van der Waals surface area contributed by atoms with Crippen molar-refractivity contribution in [3.05, 3.63) is 23.8 Å². The van der Waals surface area contributed by atoms with Gasteiger partial charge in [-0.25, -0.2) is 0 Å². The van der Waals surface area contributed by atoms with Crippen LogP contribution in [0.15, 0.2) is 18.2 Å². The highest BCUT2D eigenvalue weighted by Gasteiger charge is 2.16. The number of rotatable bonds is 3. The van der Waals surface area contributed by atoms with Gasteiger partial charge in [0, 0.05) is 25.7 Å². The molecule has 0 unspecified atom stereocenters. The molecule has 0 bridgehead atoms. The first-order chi connectivity index (χ1) is 7.85. The van der Waals surface area contributed by atoms with Crippen LogP contribution < -0.4 is 20.1 Å². The Bertz CT molecular complexity index is 349. The molecule has 1 aliphatic rings. The van der Waals surface area contributed by atoms with Crippen molar-refractivity contribution in [1.29, 1.82) is 0 Å². The Kier molecular flexibility index (Phi) is 3.64. The Morgan fingerprint density at radius 1 is 1.06 bits per heavy atom. The Morgan fingerprint density at radius 3 is 2.38 bits per heavy atom. The molecule has 1 saturated heterocycles. The van der Waals surface area contributed by atoms with E-state index in [2.05, 4.69) is 22.8 Å². The second-order valence-electron chi connectivity index (χ2n) is 3.90. The average Bonchev–Trinajstić information content (AvgIpc) is 2.39. The molecule has 1 aliphatic heterocycles. The molecule has 1 aromatic carbocycles. The molecular weight excluding hydrogens is 204 g/mol. The summed E-state index contributed by atoms with van der Waals surface area (Å²) in [4.78, 5) is 0. The summed E-state index contributed by atoms with van der Waals surface area (Å²) in [5.74, 6) is 2.07. The molecule has 2 rings (SSSR count). The minimum absolute atomic E-state index is 0.494. The zero-order chi connectivity index (χ0) is 11.4. The molecular formula is C12H18N2O2. The predicted molar refractivity (Wildman–Crippen MR) is 63.2 cm³/mol. The second kappa shape index (κ2) is 5.18. The molecule has 0 atom stereocenters. The fourth-order valence-electron chi connectivity index (χ4n) is 2.00. The van der Waals surface area contributed by atoms with Gasteiger partial charge < -0.3 is 20.1 Å². The second-order valence-corrected chi connectivity index (χ2v) is 3.90. The largest absolute Gasteiger partial charge is 0.493 e. The fourth-order valence-corrected chi connectivity index (χ4v) is 2.00. The SMILES string of the molecule is COc1ccc(C2CNCNC2)cc1OC. The lowest BCUT2D eigenvalue weighted by Gasteiger charge is -2.24. The van der Waals surface area contributed by atoms with Crippen LogP contribution in [0.5, 0.6) is 11.5 Å². The maximum Gasteiger partial charge on any atom is 0.160 e. The van der Waals surface area contributed by atoms with Crippen LogP contribution in [0.3, 0.4) is 0 Å².